The third kappa shape index (κ3) is 3.57. The SMILES string of the molecule is CCCc1nc(SCc2ccccc2Br)n[nH]1. The lowest BCUT2D eigenvalue weighted by atomic mass is 10.2. The number of aryl methyl sites for hydroxylation is 1. The summed E-state index contributed by atoms with van der Waals surface area (Å²) in [5.41, 5.74) is 1.26. The Morgan fingerprint density at radius 3 is 2.94 bits per heavy atom. The van der Waals surface area contributed by atoms with Crippen LogP contribution in [0.15, 0.2) is 33.9 Å². The largest absolute Gasteiger partial charge is 0.262 e. The van der Waals surface area contributed by atoms with E-state index in [0.29, 0.717) is 0 Å². The molecule has 0 aliphatic carbocycles. The lowest BCUT2D eigenvalue weighted by molar-refractivity contribution is 0.840. The van der Waals surface area contributed by atoms with Crippen molar-refractivity contribution in [3.05, 3.63) is 40.1 Å². The van der Waals surface area contributed by atoms with E-state index in [0.717, 1.165) is 34.0 Å². The first-order chi connectivity index (χ1) is 8.29. The summed E-state index contributed by atoms with van der Waals surface area (Å²) in [6.45, 7) is 2.14. The highest BCUT2D eigenvalue weighted by atomic mass is 79.9. The van der Waals surface area contributed by atoms with Crippen LogP contribution in [-0.4, -0.2) is 15.2 Å². The number of H-pyrrole nitrogens is 1. The van der Waals surface area contributed by atoms with Crippen LogP contribution in [0.4, 0.5) is 0 Å². The van der Waals surface area contributed by atoms with E-state index >= 15 is 0 Å². The van der Waals surface area contributed by atoms with Crippen molar-refractivity contribution >= 4 is 27.7 Å². The average Bonchev–Trinajstić information content (AvgIpc) is 2.76. The molecule has 17 heavy (non-hydrogen) atoms. The number of rotatable bonds is 5. The maximum Gasteiger partial charge on any atom is 0.208 e. The van der Waals surface area contributed by atoms with Gasteiger partial charge >= 0.3 is 0 Å². The van der Waals surface area contributed by atoms with Crippen LogP contribution in [-0.2, 0) is 12.2 Å². The molecule has 0 bridgehead atoms. The molecule has 0 aliphatic rings. The van der Waals surface area contributed by atoms with E-state index in [1.54, 1.807) is 11.8 Å². The first-order valence-corrected chi connectivity index (χ1v) is 7.35. The second-order valence-corrected chi connectivity index (χ2v) is 5.49. The normalized spacial score (nSPS) is 10.7. The zero-order chi connectivity index (χ0) is 12.1. The summed E-state index contributed by atoms with van der Waals surface area (Å²) >= 11 is 5.19. The van der Waals surface area contributed by atoms with Crippen LogP contribution in [0, 0.1) is 0 Å². The third-order valence-electron chi connectivity index (χ3n) is 2.31. The Kier molecular flexibility index (Phi) is 4.62. The van der Waals surface area contributed by atoms with Gasteiger partial charge in [-0.2, -0.15) is 0 Å². The molecule has 1 aromatic heterocycles. The summed E-state index contributed by atoms with van der Waals surface area (Å²) in [6.07, 6.45) is 2.05. The van der Waals surface area contributed by atoms with Crippen molar-refractivity contribution < 1.29 is 0 Å². The molecule has 0 fully saturated rings. The maximum atomic E-state index is 4.43. The molecule has 0 saturated heterocycles. The van der Waals surface area contributed by atoms with Crippen LogP contribution in [0.3, 0.4) is 0 Å². The van der Waals surface area contributed by atoms with Gasteiger partial charge in [0.1, 0.15) is 5.82 Å². The number of hydrogen-bond acceptors (Lipinski definition) is 3. The highest BCUT2D eigenvalue weighted by molar-refractivity contribution is 9.10. The zero-order valence-electron chi connectivity index (χ0n) is 9.61. The highest BCUT2D eigenvalue weighted by Gasteiger charge is 2.05. The molecule has 1 aromatic carbocycles. The quantitative estimate of drug-likeness (QED) is 0.854. The number of halogens is 1. The minimum absolute atomic E-state index is 0.823. The predicted octanol–water partition coefficient (Wildman–Crippen LogP) is 3.81. The number of nitrogens with zero attached hydrogens (tertiary/aromatic N) is 2. The molecule has 3 nitrogen and oxygen atoms in total. The lowest BCUT2D eigenvalue weighted by Gasteiger charge is -2.00. The Labute approximate surface area is 114 Å². The van der Waals surface area contributed by atoms with Crippen molar-refractivity contribution in [2.24, 2.45) is 0 Å². The molecule has 5 heteroatoms. The molecule has 2 aromatic rings. The van der Waals surface area contributed by atoms with Gasteiger partial charge in [-0.05, 0) is 18.1 Å². The van der Waals surface area contributed by atoms with E-state index < -0.39 is 0 Å². The van der Waals surface area contributed by atoms with Crippen LogP contribution in [0.25, 0.3) is 0 Å². The van der Waals surface area contributed by atoms with E-state index in [4.69, 9.17) is 0 Å². The standard InChI is InChI=1S/C12H14BrN3S/c1-2-5-11-14-12(16-15-11)17-8-9-6-3-4-7-10(9)13/h3-4,6-7H,2,5,8H2,1H3,(H,14,15,16). The van der Waals surface area contributed by atoms with Crippen LogP contribution in [0.2, 0.25) is 0 Å². The molecule has 90 valence electrons. The van der Waals surface area contributed by atoms with Crippen molar-refractivity contribution in [2.75, 3.05) is 0 Å². The molecule has 0 radical (unpaired) electrons. The van der Waals surface area contributed by atoms with Crippen LogP contribution in [0.1, 0.15) is 24.7 Å². The summed E-state index contributed by atoms with van der Waals surface area (Å²) in [6, 6.07) is 8.22. The molecular weight excluding hydrogens is 298 g/mol. The van der Waals surface area contributed by atoms with Gasteiger partial charge in [0.25, 0.3) is 0 Å². The first-order valence-electron chi connectivity index (χ1n) is 5.57. The summed E-state index contributed by atoms with van der Waals surface area (Å²) in [5, 5.41) is 7.98. The van der Waals surface area contributed by atoms with E-state index in [1.807, 2.05) is 12.1 Å². The van der Waals surface area contributed by atoms with Gasteiger partial charge in [-0.25, -0.2) is 4.98 Å². The Morgan fingerprint density at radius 2 is 2.18 bits per heavy atom. The number of hydrogen-bond donors (Lipinski definition) is 1. The Hall–Kier alpha value is -0.810. The van der Waals surface area contributed by atoms with E-state index in [-0.39, 0.29) is 0 Å². The van der Waals surface area contributed by atoms with Crippen LogP contribution >= 0.6 is 27.7 Å². The van der Waals surface area contributed by atoms with Gasteiger partial charge in [0.15, 0.2) is 0 Å². The number of benzene rings is 1. The van der Waals surface area contributed by atoms with Crippen molar-refractivity contribution in [1.29, 1.82) is 0 Å². The Morgan fingerprint density at radius 1 is 1.35 bits per heavy atom. The van der Waals surface area contributed by atoms with Gasteiger partial charge < -0.3 is 0 Å². The van der Waals surface area contributed by atoms with E-state index in [9.17, 15) is 0 Å². The molecule has 0 spiro atoms. The first kappa shape index (κ1) is 12.6. The predicted molar refractivity (Wildman–Crippen MR) is 74.1 cm³/mol. The van der Waals surface area contributed by atoms with Gasteiger partial charge in [-0.1, -0.05) is 52.8 Å². The Bertz CT molecular complexity index is 484. The Balaban J connectivity index is 1.95. The van der Waals surface area contributed by atoms with Crippen molar-refractivity contribution in [2.45, 2.75) is 30.7 Å². The topological polar surface area (TPSA) is 41.6 Å². The summed E-state index contributed by atoms with van der Waals surface area (Å²) in [7, 11) is 0. The second-order valence-electron chi connectivity index (χ2n) is 3.69. The smallest absolute Gasteiger partial charge is 0.208 e. The minimum Gasteiger partial charge on any atom is -0.262 e. The van der Waals surface area contributed by atoms with Gasteiger partial charge in [-0.15, -0.1) is 5.10 Å². The number of aromatic nitrogens is 3. The number of aromatic amines is 1. The highest BCUT2D eigenvalue weighted by Crippen LogP contribution is 2.24. The fourth-order valence-electron chi connectivity index (χ4n) is 1.45. The van der Waals surface area contributed by atoms with E-state index in [1.165, 1.54) is 5.56 Å². The molecule has 1 heterocycles. The van der Waals surface area contributed by atoms with Gasteiger partial charge in [0, 0.05) is 16.6 Å². The summed E-state index contributed by atoms with van der Waals surface area (Å²) < 4.78 is 1.14. The van der Waals surface area contributed by atoms with Gasteiger partial charge in [-0.3, -0.25) is 5.10 Å². The molecule has 0 amide bonds. The number of thioether (sulfide) groups is 1. The van der Waals surface area contributed by atoms with Gasteiger partial charge in [0.2, 0.25) is 5.16 Å². The molecule has 2 rings (SSSR count). The summed E-state index contributed by atoms with van der Waals surface area (Å²) in [4.78, 5) is 4.43. The third-order valence-corrected chi connectivity index (χ3v) is 3.98. The zero-order valence-corrected chi connectivity index (χ0v) is 12.0. The average molecular weight is 312 g/mol. The molecule has 0 atom stereocenters. The summed E-state index contributed by atoms with van der Waals surface area (Å²) in [5.74, 6) is 1.85. The molecule has 1 N–H and O–H groups in total. The van der Waals surface area contributed by atoms with Crippen molar-refractivity contribution in [1.82, 2.24) is 15.2 Å². The fourth-order valence-corrected chi connectivity index (χ4v) is 2.88. The van der Waals surface area contributed by atoms with Crippen LogP contribution < -0.4 is 0 Å². The maximum absolute atomic E-state index is 4.43. The van der Waals surface area contributed by atoms with Crippen molar-refractivity contribution in [3.8, 4) is 0 Å². The molecule has 0 unspecified atom stereocenters. The number of nitrogens with one attached hydrogen (secondary N) is 1. The van der Waals surface area contributed by atoms with Gasteiger partial charge in [0.05, 0.1) is 0 Å². The van der Waals surface area contributed by atoms with Crippen LogP contribution in [0.5, 0.6) is 0 Å². The fraction of sp³-hybridized carbons (Fsp3) is 0.333. The lowest BCUT2D eigenvalue weighted by Crippen LogP contribution is -1.85. The monoisotopic (exact) mass is 311 g/mol. The molecule has 0 saturated carbocycles. The second kappa shape index (κ2) is 6.21. The molecular formula is C12H14BrN3S. The minimum atomic E-state index is 0.823. The van der Waals surface area contributed by atoms with E-state index in [2.05, 4.69) is 50.2 Å². The molecule has 0 aliphatic heterocycles. The van der Waals surface area contributed by atoms with Crippen molar-refractivity contribution in [3.63, 3.8) is 0 Å².